The highest BCUT2D eigenvalue weighted by Gasteiger charge is 2.16. The number of aryl methyl sites for hydroxylation is 1. The third kappa shape index (κ3) is 2.97. The molecule has 0 saturated heterocycles. The molecule has 1 heterocycles. The van der Waals surface area contributed by atoms with E-state index in [2.05, 4.69) is 15.9 Å². The number of carboxylic acid groups (broad SMARTS) is 1. The number of nitrogens with zero attached hydrogens (tertiary/aromatic N) is 1. The summed E-state index contributed by atoms with van der Waals surface area (Å²) in [6, 6.07) is 4.28. The normalized spacial score (nSPS) is 10.3. The molecule has 0 aliphatic carbocycles. The quantitative estimate of drug-likeness (QED) is 0.653. The first-order valence-corrected chi connectivity index (χ1v) is 7.00. The molecule has 0 amide bonds. The third-order valence-electron chi connectivity index (χ3n) is 2.46. The summed E-state index contributed by atoms with van der Waals surface area (Å²) in [5.41, 5.74) is 0.447. The number of hydrogen-bond acceptors (Lipinski definition) is 5. The van der Waals surface area contributed by atoms with Crippen LogP contribution in [0.2, 0.25) is 0 Å². The first-order valence-electron chi connectivity index (χ1n) is 5.32. The van der Waals surface area contributed by atoms with Crippen molar-refractivity contribution in [1.82, 2.24) is 0 Å². The highest BCUT2D eigenvalue weighted by atomic mass is 79.9. The van der Waals surface area contributed by atoms with E-state index in [1.807, 2.05) is 0 Å². The van der Waals surface area contributed by atoms with Crippen molar-refractivity contribution >= 4 is 38.9 Å². The predicted octanol–water partition coefficient (Wildman–Crippen LogP) is 4.22. The number of ether oxygens (including phenoxy) is 1. The van der Waals surface area contributed by atoms with Gasteiger partial charge < -0.3 is 9.84 Å². The Morgan fingerprint density at radius 3 is 2.70 bits per heavy atom. The number of rotatable bonds is 4. The van der Waals surface area contributed by atoms with Crippen LogP contribution in [0.4, 0.5) is 5.69 Å². The molecular formula is C12H8BrNO5S. The van der Waals surface area contributed by atoms with Gasteiger partial charge in [0.2, 0.25) is 0 Å². The monoisotopic (exact) mass is 357 g/mol. The Bertz CT molecular complexity index is 697. The molecule has 0 bridgehead atoms. The standard InChI is InChI=1S/C12H8BrNO5S/c1-6-2-10(8(13)4-9(6)14(17)18)19-7-3-11(12(15)16)20-5-7/h2-5H,1H3,(H,15,16). The Kier molecular flexibility index (Phi) is 4.05. The van der Waals surface area contributed by atoms with Crippen LogP contribution in [0.25, 0.3) is 0 Å². The number of thiophene rings is 1. The van der Waals surface area contributed by atoms with Crippen molar-refractivity contribution in [2.24, 2.45) is 0 Å². The van der Waals surface area contributed by atoms with E-state index in [-0.39, 0.29) is 10.6 Å². The minimum Gasteiger partial charge on any atom is -0.477 e. The highest BCUT2D eigenvalue weighted by Crippen LogP contribution is 2.36. The molecule has 6 nitrogen and oxygen atoms in total. The largest absolute Gasteiger partial charge is 0.477 e. The molecule has 104 valence electrons. The minimum absolute atomic E-state index is 0.0132. The van der Waals surface area contributed by atoms with Crippen molar-refractivity contribution in [2.45, 2.75) is 6.92 Å². The first kappa shape index (κ1) is 14.5. The van der Waals surface area contributed by atoms with Crippen LogP contribution < -0.4 is 4.74 Å². The Morgan fingerprint density at radius 2 is 2.15 bits per heavy atom. The van der Waals surface area contributed by atoms with E-state index in [1.165, 1.54) is 18.2 Å². The maximum absolute atomic E-state index is 10.8. The number of benzene rings is 1. The summed E-state index contributed by atoms with van der Waals surface area (Å²) in [5, 5.41) is 21.2. The van der Waals surface area contributed by atoms with Crippen molar-refractivity contribution in [1.29, 1.82) is 0 Å². The molecule has 2 aromatic rings. The van der Waals surface area contributed by atoms with Gasteiger partial charge in [-0.15, -0.1) is 11.3 Å². The lowest BCUT2D eigenvalue weighted by molar-refractivity contribution is -0.385. The van der Waals surface area contributed by atoms with E-state index < -0.39 is 10.9 Å². The summed E-state index contributed by atoms with van der Waals surface area (Å²) in [5.74, 6) is -0.256. The molecule has 8 heteroatoms. The molecule has 0 fully saturated rings. The number of nitro benzene ring substituents is 1. The number of aromatic carboxylic acids is 1. The molecule has 1 N–H and O–H groups in total. The van der Waals surface area contributed by atoms with Gasteiger partial charge in [0, 0.05) is 23.1 Å². The van der Waals surface area contributed by atoms with Gasteiger partial charge in [0.05, 0.1) is 9.40 Å². The fourth-order valence-electron chi connectivity index (χ4n) is 1.53. The molecule has 0 unspecified atom stereocenters. The summed E-state index contributed by atoms with van der Waals surface area (Å²) in [6.45, 7) is 1.60. The fraction of sp³-hybridized carbons (Fsp3) is 0.0833. The van der Waals surface area contributed by atoms with Gasteiger partial charge in [-0.1, -0.05) is 0 Å². The molecule has 0 aliphatic rings. The van der Waals surface area contributed by atoms with E-state index in [9.17, 15) is 14.9 Å². The van der Waals surface area contributed by atoms with Gasteiger partial charge in [-0.25, -0.2) is 4.79 Å². The molecule has 0 radical (unpaired) electrons. The van der Waals surface area contributed by atoms with Crippen LogP contribution in [0.1, 0.15) is 15.2 Å². The lowest BCUT2D eigenvalue weighted by Gasteiger charge is -2.07. The summed E-state index contributed by atoms with van der Waals surface area (Å²) in [6.07, 6.45) is 0. The Hall–Kier alpha value is -1.93. The number of halogens is 1. The van der Waals surface area contributed by atoms with E-state index in [0.717, 1.165) is 11.3 Å². The van der Waals surface area contributed by atoms with E-state index in [1.54, 1.807) is 12.3 Å². The van der Waals surface area contributed by atoms with Crippen LogP contribution in [0, 0.1) is 17.0 Å². The SMILES string of the molecule is Cc1cc(Oc2csc(C(=O)O)c2)c(Br)cc1[N+](=O)[O-]. The maximum Gasteiger partial charge on any atom is 0.346 e. The van der Waals surface area contributed by atoms with Crippen LogP contribution in [0.15, 0.2) is 28.1 Å². The maximum atomic E-state index is 10.8. The number of hydrogen-bond donors (Lipinski definition) is 1. The van der Waals surface area contributed by atoms with Crippen molar-refractivity contribution < 1.29 is 19.6 Å². The summed E-state index contributed by atoms with van der Waals surface area (Å²) < 4.78 is 5.96. The van der Waals surface area contributed by atoms with Crippen LogP contribution in [-0.2, 0) is 0 Å². The minimum atomic E-state index is -1.02. The average Bonchev–Trinajstić information content (AvgIpc) is 2.81. The van der Waals surface area contributed by atoms with Gasteiger partial charge in [0.1, 0.15) is 16.4 Å². The van der Waals surface area contributed by atoms with Gasteiger partial charge in [0.25, 0.3) is 5.69 Å². The number of carboxylic acids is 1. The Balaban J connectivity index is 2.31. The summed E-state index contributed by atoms with van der Waals surface area (Å²) >= 11 is 4.25. The lowest BCUT2D eigenvalue weighted by Crippen LogP contribution is -1.94. The summed E-state index contributed by atoms with van der Waals surface area (Å²) in [7, 11) is 0. The zero-order chi connectivity index (χ0) is 14.9. The molecule has 1 aromatic carbocycles. The average molecular weight is 358 g/mol. The molecule has 1 aromatic heterocycles. The summed E-state index contributed by atoms with van der Waals surface area (Å²) in [4.78, 5) is 21.3. The predicted molar refractivity (Wildman–Crippen MR) is 76.9 cm³/mol. The lowest BCUT2D eigenvalue weighted by atomic mass is 10.2. The van der Waals surface area contributed by atoms with Gasteiger partial charge in [-0.05, 0) is 28.9 Å². The zero-order valence-electron chi connectivity index (χ0n) is 10.1. The molecule has 0 atom stereocenters. The van der Waals surface area contributed by atoms with Gasteiger partial charge in [0.15, 0.2) is 0 Å². The smallest absolute Gasteiger partial charge is 0.346 e. The van der Waals surface area contributed by atoms with E-state index in [4.69, 9.17) is 9.84 Å². The second-order valence-electron chi connectivity index (χ2n) is 3.88. The second-order valence-corrected chi connectivity index (χ2v) is 5.65. The highest BCUT2D eigenvalue weighted by molar-refractivity contribution is 9.10. The van der Waals surface area contributed by atoms with Crippen molar-refractivity contribution in [3.8, 4) is 11.5 Å². The Morgan fingerprint density at radius 1 is 1.45 bits per heavy atom. The van der Waals surface area contributed by atoms with Gasteiger partial charge in [-0.3, -0.25) is 10.1 Å². The van der Waals surface area contributed by atoms with Crippen molar-refractivity contribution in [2.75, 3.05) is 0 Å². The van der Waals surface area contributed by atoms with Crippen LogP contribution in [0.5, 0.6) is 11.5 Å². The van der Waals surface area contributed by atoms with Gasteiger partial charge in [-0.2, -0.15) is 0 Å². The number of carbonyl (C=O) groups is 1. The van der Waals surface area contributed by atoms with E-state index >= 15 is 0 Å². The molecule has 0 saturated carbocycles. The topological polar surface area (TPSA) is 89.7 Å². The molecule has 0 spiro atoms. The van der Waals surface area contributed by atoms with Gasteiger partial charge >= 0.3 is 5.97 Å². The first-order chi connectivity index (χ1) is 9.38. The van der Waals surface area contributed by atoms with Crippen LogP contribution >= 0.6 is 27.3 Å². The van der Waals surface area contributed by atoms with E-state index in [0.29, 0.717) is 21.5 Å². The van der Waals surface area contributed by atoms with Crippen molar-refractivity contribution in [3.63, 3.8) is 0 Å². The molecule has 0 aliphatic heterocycles. The fourth-order valence-corrected chi connectivity index (χ4v) is 2.59. The van der Waals surface area contributed by atoms with Crippen molar-refractivity contribution in [3.05, 3.63) is 48.6 Å². The Labute approximate surface area is 125 Å². The zero-order valence-corrected chi connectivity index (χ0v) is 12.5. The van der Waals surface area contributed by atoms with Crippen LogP contribution in [0.3, 0.4) is 0 Å². The molecule has 2 rings (SSSR count). The second kappa shape index (κ2) is 5.59. The molecular weight excluding hydrogens is 350 g/mol. The number of nitro groups is 1. The molecule has 20 heavy (non-hydrogen) atoms. The third-order valence-corrected chi connectivity index (χ3v) is 3.98. The van der Waals surface area contributed by atoms with Crippen LogP contribution in [-0.4, -0.2) is 16.0 Å².